The largest absolute Gasteiger partial charge is 0.442 e. The van der Waals surface area contributed by atoms with Crippen LogP contribution >= 0.6 is 11.6 Å². The van der Waals surface area contributed by atoms with Crippen molar-refractivity contribution in [3.8, 4) is 0 Å². The first kappa shape index (κ1) is 17.0. The van der Waals surface area contributed by atoms with Crippen LogP contribution in [0.4, 0.5) is 0 Å². The van der Waals surface area contributed by atoms with Crippen LogP contribution in [0, 0.1) is 0 Å². The van der Waals surface area contributed by atoms with Gasteiger partial charge in [-0.2, -0.15) is 0 Å². The summed E-state index contributed by atoms with van der Waals surface area (Å²) in [6, 6.07) is 8.97. The average Bonchev–Trinajstić information content (AvgIpc) is 2.47. The highest BCUT2D eigenvalue weighted by Crippen LogP contribution is 2.15. The highest BCUT2D eigenvalue weighted by molar-refractivity contribution is 6.20. The third-order valence-electron chi connectivity index (χ3n) is 3.28. The average molecular weight is 297 g/mol. The molecule has 0 saturated carbocycles. The molecule has 112 valence electrons. The van der Waals surface area contributed by atoms with Crippen molar-refractivity contribution in [3.63, 3.8) is 0 Å². The third kappa shape index (κ3) is 7.54. The first-order valence-corrected chi connectivity index (χ1v) is 8.07. The normalized spacial score (nSPS) is 12.1. The lowest BCUT2D eigenvalue weighted by atomic mass is 10.1. The Labute approximate surface area is 127 Å². The quantitative estimate of drug-likeness (QED) is 0.321. The Balaban J connectivity index is 2.08. The predicted molar refractivity (Wildman–Crippen MR) is 84.1 cm³/mol. The second-order valence-corrected chi connectivity index (χ2v) is 5.58. The highest BCUT2D eigenvalue weighted by Gasteiger charge is 2.12. The van der Waals surface area contributed by atoms with Crippen LogP contribution in [0.25, 0.3) is 0 Å². The van der Waals surface area contributed by atoms with Gasteiger partial charge in [0, 0.05) is 0 Å². The minimum absolute atomic E-state index is 0.339. The van der Waals surface area contributed by atoms with Crippen molar-refractivity contribution >= 4 is 17.6 Å². The van der Waals surface area contributed by atoms with Crippen molar-refractivity contribution in [2.45, 2.75) is 63.9 Å². The summed E-state index contributed by atoms with van der Waals surface area (Å²) in [7, 11) is 0. The van der Waals surface area contributed by atoms with Crippen molar-refractivity contribution in [2.75, 3.05) is 0 Å². The molecule has 0 bridgehead atoms. The number of carbonyl (C=O) groups excluding carboxylic acids is 1. The molecule has 0 radical (unpaired) electrons. The van der Waals surface area contributed by atoms with Crippen LogP contribution in [0.3, 0.4) is 0 Å². The van der Waals surface area contributed by atoms with Crippen LogP contribution in [0.1, 0.15) is 68.6 Å². The second-order valence-electron chi connectivity index (χ2n) is 5.09. The van der Waals surface area contributed by atoms with Crippen molar-refractivity contribution in [1.29, 1.82) is 0 Å². The summed E-state index contributed by atoms with van der Waals surface area (Å²) >= 11 is 6.05. The standard InChI is InChI=1S/C17H25ClO2/c1-2-3-4-5-6-7-11-14-16(18)20-17(19)15-12-9-8-10-13-15/h8-10,12-13,16H,2-7,11,14H2,1H3. The van der Waals surface area contributed by atoms with Gasteiger partial charge in [0.15, 0.2) is 5.56 Å². The molecule has 0 aliphatic rings. The van der Waals surface area contributed by atoms with Crippen molar-refractivity contribution in [1.82, 2.24) is 0 Å². The number of hydrogen-bond acceptors (Lipinski definition) is 2. The van der Waals surface area contributed by atoms with Gasteiger partial charge in [0.25, 0.3) is 0 Å². The Morgan fingerprint density at radius 3 is 2.30 bits per heavy atom. The van der Waals surface area contributed by atoms with Gasteiger partial charge < -0.3 is 4.74 Å². The Morgan fingerprint density at radius 2 is 1.65 bits per heavy atom. The number of ether oxygens (including phenoxy) is 1. The lowest BCUT2D eigenvalue weighted by Crippen LogP contribution is -2.12. The molecule has 0 N–H and O–H groups in total. The van der Waals surface area contributed by atoms with Crippen molar-refractivity contribution in [2.24, 2.45) is 0 Å². The number of rotatable bonds is 10. The molecule has 3 heteroatoms. The van der Waals surface area contributed by atoms with E-state index < -0.39 is 5.56 Å². The van der Waals surface area contributed by atoms with Gasteiger partial charge in [0.05, 0.1) is 5.56 Å². The molecule has 1 aromatic carbocycles. The first-order valence-electron chi connectivity index (χ1n) is 7.64. The number of benzene rings is 1. The molecule has 1 unspecified atom stereocenters. The van der Waals surface area contributed by atoms with Gasteiger partial charge in [-0.05, 0) is 25.0 Å². The van der Waals surface area contributed by atoms with Gasteiger partial charge in [-0.3, -0.25) is 0 Å². The summed E-state index contributed by atoms with van der Waals surface area (Å²) in [5.41, 5.74) is 0.0380. The number of carbonyl (C=O) groups is 1. The van der Waals surface area contributed by atoms with E-state index in [0.717, 1.165) is 19.3 Å². The number of esters is 1. The van der Waals surface area contributed by atoms with Gasteiger partial charge in [-0.15, -0.1) is 0 Å². The molecule has 0 spiro atoms. The van der Waals surface area contributed by atoms with E-state index in [2.05, 4.69) is 6.92 Å². The summed E-state index contributed by atoms with van der Waals surface area (Å²) in [5, 5.41) is 0. The molecule has 0 aromatic heterocycles. The zero-order chi connectivity index (χ0) is 14.6. The van der Waals surface area contributed by atoms with Gasteiger partial charge in [0.1, 0.15) is 0 Å². The van der Waals surface area contributed by atoms with E-state index in [-0.39, 0.29) is 5.97 Å². The van der Waals surface area contributed by atoms with Crippen LogP contribution in [-0.2, 0) is 4.74 Å². The molecule has 2 nitrogen and oxygen atoms in total. The van der Waals surface area contributed by atoms with Gasteiger partial charge in [0.2, 0.25) is 0 Å². The number of hydrogen-bond donors (Lipinski definition) is 0. The van der Waals surface area contributed by atoms with Crippen LogP contribution in [-0.4, -0.2) is 11.5 Å². The fourth-order valence-corrected chi connectivity index (χ4v) is 2.31. The van der Waals surface area contributed by atoms with Crippen LogP contribution in [0.2, 0.25) is 0 Å². The Morgan fingerprint density at radius 1 is 1.05 bits per heavy atom. The van der Waals surface area contributed by atoms with Crippen molar-refractivity contribution in [3.05, 3.63) is 35.9 Å². The summed E-state index contributed by atoms with van der Waals surface area (Å²) in [5.74, 6) is -0.339. The maximum atomic E-state index is 11.8. The molecule has 1 rings (SSSR count). The van der Waals surface area contributed by atoms with E-state index in [1.165, 1.54) is 32.1 Å². The molecule has 20 heavy (non-hydrogen) atoms. The van der Waals surface area contributed by atoms with E-state index >= 15 is 0 Å². The fourth-order valence-electron chi connectivity index (χ4n) is 2.08. The smallest absolute Gasteiger partial charge is 0.339 e. The van der Waals surface area contributed by atoms with E-state index in [1.54, 1.807) is 12.1 Å². The molecule has 0 heterocycles. The summed E-state index contributed by atoms with van der Waals surface area (Å²) < 4.78 is 5.21. The third-order valence-corrected chi connectivity index (χ3v) is 3.59. The lowest BCUT2D eigenvalue weighted by molar-refractivity contribution is 0.0433. The maximum Gasteiger partial charge on any atom is 0.339 e. The number of alkyl halides is 1. The van der Waals surface area contributed by atoms with Gasteiger partial charge in [-0.25, -0.2) is 4.79 Å². The predicted octanol–water partition coefficient (Wildman–Crippen LogP) is 5.55. The van der Waals surface area contributed by atoms with E-state index in [1.807, 2.05) is 18.2 Å². The molecule has 0 saturated heterocycles. The molecular formula is C17H25ClO2. The molecule has 0 aliphatic heterocycles. The number of halogens is 1. The van der Waals surface area contributed by atoms with E-state index in [0.29, 0.717) is 5.56 Å². The van der Waals surface area contributed by atoms with Crippen LogP contribution in [0.5, 0.6) is 0 Å². The monoisotopic (exact) mass is 296 g/mol. The minimum Gasteiger partial charge on any atom is -0.442 e. The summed E-state index contributed by atoms with van der Waals surface area (Å²) in [6.45, 7) is 2.22. The van der Waals surface area contributed by atoms with Gasteiger partial charge in [-0.1, -0.05) is 75.2 Å². The maximum absolute atomic E-state index is 11.8. The summed E-state index contributed by atoms with van der Waals surface area (Å²) in [4.78, 5) is 11.8. The van der Waals surface area contributed by atoms with Gasteiger partial charge >= 0.3 is 5.97 Å². The molecule has 0 aliphatic carbocycles. The minimum atomic E-state index is -0.515. The van der Waals surface area contributed by atoms with Crippen LogP contribution < -0.4 is 0 Å². The molecule has 1 atom stereocenters. The fraction of sp³-hybridized carbons (Fsp3) is 0.588. The van der Waals surface area contributed by atoms with E-state index in [9.17, 15) is 4.79 Å². The van der Waals surface area contributed by atoms with Crippen molar-refractivity contribution < 1.29 is 9.53 Å². The Kier molecular flexibility index (Phi) is 9.14. The van der Waals surface area contributed by atoms with E-state index in [4.69, 9.17) is 16.3 Å². The first-order chi connectivity index (χ1) is 9.74. The zero-order valence-corrected chi connectivity index (χ0v) is 13.1. The van der Waals surface area contributed by atoms with Crippen LogP contribution in [0.15, 0.2) is 30.3 Å². The zero-order valence-electron chi connectivity index (χ0n) is 12.3. The topological polar surface area (TPSA) is 26.3 Å². The second kappa shape index (κ2) is 10.7. The SMILES string of the molecule is CCCCCCCCCC(Cl)OC(=O)c1ccccc1. The molecule has 0 fully saturated rings. The Bertz CT molecular complexity index is 365. The number of unbranched alkanes of at least 4 members (excludes halogenated alkanes) is 6. The highest BCUT2D eigenvalue weighted by atomic mass is 35.5. The molecule has 0 amide bonds. The Hall–Kier alpha value is -1.02. The molecular weight excluding hydrogens is 272 g/mol. The molecule has 1 aromatic rings. The lowest BCUT2D eigenvalue weighted by Gasteiger charge is -2.11. The summed E-state index contributed by atoms with van der Waals surface area (Å²) in [6.07, 6.45) is 9.38.